The second kappa shape index (κ2) is 4.37. The first-order chi connectivity index (χ1) is 8.25. The van der Waals surface area contributed by atoms with Crippen molar-refractivity contribution in [3.63, 3.8) is 0 Å². The van der Waals surface area contributed by atoms with Crippen molar-refractivity contribution < 1.29 is 0 Å². The predicted octanol–water partition coefficient (Wildman–Crippen LogP) is 1.51. The largest absolute Gasteiger partial charge is 0.307 e. The Labute approximate surface area is 102 Å². The maximum absolute atomic E-state index is 4.14. The second-order valence-corrected chi connectivity index (χ2v) is 5.93. The van der Waals surface area contributed by atoms with Gasteiger partial charge in [-0.3, -0.25) is 0 Å². The van der Waals surface area contributed by atoms with Gasteiger partial charge in [-0.1, -0.05) is 19.8 Å². The van der Waals surface area contributed by atoms with Gasteiger partial charge in [0.2, 0.25) is 0 Å². The molecule has 0 saturated heterocycles. The molecule has 5 heteroatoms. The van der Waals surface area contributed by atoms with Gasteiger partial charge >= 0.3 is 0 Å². The van der Waals surface area contributed by atoms with E-state index in [1.807, 2.05) is 4.68 Å². The van der Waals surface area contributed by atoms with E-state index in [0.29, 0.717) is 11.5 Å². The van der Waals surface area contributed by atoms with Crippen LogP contribution < -0.4 is 5.32 Å². The monoisotopic (exact) mass is 235 g/mol. The zero-order valence-corrected chi connectivity index (χ0v) is 10.5. The molecule has 1 aromatic heterocycles. The smallest absolute Gasteiger partial charge is 0.165 e. The van der Waals surface area contributed by atoms with Gasteiger partial charge in [0.05, 0.1) is 13.1 Å². The van der Waals surface area contributed by atoms with Crippen molar-refractivity contribution in [2.45, 2.75) is 64.6 Å². The van der Waals surface area contributed by atoms with Gasteiger partial charge in [0.1, 0.15) is 0 Å². The normalized spacial score (nSPS) is 23.1. The standard InChI is InChI=1S/C12H21N5/c1-12(6-2-3-7-12)9-17-11(14-15-16-17)8-13-10-4-5-10/h10,13H,2-9H2,1H3. The zero-order chi connectivity index (χ0) is 11.7. The van der Waals surface area contributed by atoms with E-state index in [-0.39, 0.29) is 0 Å². The predicted molar refractivity (Wildman–Crippen MR) is 64.3 cm³/mol. The van der Waals surface area contributed by atoms with E-state index < -0.39 is 0 Å². The summed E-state index contributed by atoms with van der Waals surface area (Å²) < 4.78 is 2.00. The van der Waals surface area contributed by atoms with Crippen molar-refractivity contribution >= 4 is 0 Å². The van der Waals surface area contributed by atoms with Crippen LogP contribution in [-0.2, 0) is 13.1 Å². The first-order valence-electron chi connectivity index (χ1n) is 6.74. The van der Waals surface area contributed by atoms with Crippen LogP contribution in [0.5, 0.6) is 0 Å². The summed E-state index contributed by atoms with van der Waals surface area (Å²) in [5.41, 5.74) is 0.406. The number of rotatable bonds is 5. The van der Waals surface area contributed by atoms with E-state index in [1.54, 1.807) is 0 Å². The summed E-state index contributed by atoms with van der Waals surface area (Å²) in [4.78, 5) is 0. The molecule has 2 saturated carbocycles. The van der Waals surface area contributed by atoms with Gasteiger partial charge in [0.25, 0.3) is 0 Å². The van der Waals surface area contributed by atoms with Crippen LogP contribution in [0.15, 0.2) is 0 Å². The Morgan fingerprint density at radius 1 is 1.35 bits per heavy atom. The van der Waals surface area contributed by atoms with Crippen LogP contribution in [0.2, 0.25) is 0 Å². The van der Waals surface area contributed by atoms with Crippen molar-refractivity contribution in [2.75, 3.05) is 0 Å². The molecule has 0 amide bonds. The summed E-state index contributed by atoms with van der Waals surface area (Å²) in [6, 6.07) is 0.710. The quantitative estimate of drug-likeness (QED) is 0.840. The maximum Gasteiger partial charge on any atom is 0.165 e. The lowest BCUT2D eigenvalue weighted by atomic mass is 9.89. The molecule has 0 spiro atoms. The summed E-state index contributed by atoms with van der Waals surface area (Å²) in [5, 5.41) is 15.6. The van der Waals surface area contributed by atoms with Crippen LogP contribution in [0.4, 0.5) is 0 Å². The molecule has 1 N–H and O–H groups in total. The molecule has 1 heterocycles. The van der Waals surface area contributed by atoms with E-state index in [0.717, 1.165) is 18.9 Å². The van der Waals surface area contributed by atoms with Crippen molar-refractivity contribution in [3.05, 3.63) is 5.82 Å². The fourth-order valence-electron chi connectivity index (χ4n) is 2.74. The van der Waals surface area contributed by atoms with E-state index in [2.05, 4.69) is 27.8 Å². The lowest BCUT2D eigenvalue weighted by molar-refractivity contribution is 0.260. The fraction of sp³-hybridized carbons (Fsp3) is 0.917. The first kappa shape index (κ1) is 11.1. The Balaban J connectivity index is 1.63. The van der Waals surface area contributed by atoms with Gasteiger partial charge in [-0.05, 0) is 41.5 Å². The van der Waals surface area contributed by atoms with Crippen molar-refractivity contribution in [1.82, 2.24) is 25.5 Å². The highest BCUT2D eigenvalue weighted by molar-refractivity contribution is 4.89. The molecule has 0 aromatic carbocycles. The van der Waals surface area contributed by atoms with Crippen LogP contribution in [0, 0.1) is 5.41 Å². The van der Waals surface area contributed by atoms with Crippen LogP contribution in [0.3, 0.4) is 0 Å². The molecule has 0 aliphatic heterocycles. The Bertz CT molecular complexity index is 376. The summed E-state index contributed by atoms with van der Waals surface area (Å²) >= 11 is 0. The van der Waals surface area contributed by atoms with E-state index in [9.17, 15) is 0 Å². The SMILES string of the molecule is CC1(Cn2nnnc2CNC2CC2)CCCC1. The van der Waals surface area contributed by atoms with Gasteiger partial charge < -0.3 is 5.32 Å². The Hall–Kier alpha value is -0.970. The van der Waals surface area contributed by atoms with Crippen LogP contribution in [0.25, 0.3) is 0 Å². The molecular weight excluding hydrogens is 214 g/mol. The number of nitrogens with one attached hydrogen (secondary N) is 1. The van der Waals surface area contributed by atoms with Gasteiger partial charge in [-0.25, -0.2) is 4.68 Å². The lowest BCUT2D eigenvalue weighted by Crippen LogP contribution is -2.25. The van der Waals surface area contributed by atoms with Gasteiger partial charge in [-0.15, -0.1) is 5.10 Å². The minimum atomic E-state index is 0.406. The van der Waals surface area contributed by atoms with Crippen LogP contribution in [-0.4, -0.2) is 26.2 Å². The van der Waals surface area contributed by atoms with Crippen molar-refractivity contribution in [3.8, 4) is 0 Å². The second-order valence-electron chi connectivity index (χ2n) is 5.93. The summed E-state index contributed by atoms with van der Waals surface area (Å²) in [6.07, 6.45) is 7.94. The molecule has 1 aromatic rings. The molecular formula is C12H21N5. The van der Waals surface area contributed by atoms with E-state index in [1.165, 1.54) is 38.5 Å². The van der Waals surface area contributed by atoms with E-state index >= 15 is 0 Å². The molecule has 17 heavy (non-hydrogen) atoms. The zero-order valence-electron chi connectivity index (χ0n) is 10.5. The number of nitrogens with zero attached hydrogens (tertiary/aromatic N) is 4. The number of aromatic nitrogens is 4. The Morgan fingerprint density at radius 2 is 2.12 bits per heavy atom. The minimum Gasteiger partial charge on any atom is -0.307 e. The molecule has 0 bridgehead atoms. The third kappa shape index (κ3) is 2.65. The van der Waals surface area contributed by atoms with E-state index in [4.69, 9.17) is 0 Å². The van der Waals surface area contributed by atoms with Crippen molar-refractivity contribution in [1.29, 1.82) is 0 Å². The molecule has 5 nitrogen and oxygen atoms in total. The fourth-order valence-corrected chi connectivity index (χ4v) is 2.74. The highest BCUT2D eigenvalue weighted by atomic mass is 15.5. The maximum atomic E-state index is 4.14. The molecule has 0 unspecified atom stereocenters. The van der Waals surface area contributed by atoms with Gasteiger partial charge in [0, 0.05) is 6.04 Å². The first-order valence-corrected chi connectivity index (χ1v) is 6.74. The van der Waals surface area contributed by atoms with Crippen LogP contribution in [0.1, 0.15) is 51.3 Å². The van der Waals surface area contributed by atoms with Gasteiger partial charge in [-0.2, -0.15) is 0 Å². The summed E-state index contributed by atoms with van der Waals surface area (Å²) in [7, 11) is 0. The third-order valence-corrected chi connectivity index (χ3v) is 4.07. The Kier molecular flexibility index (Phi) is 2.86. The van der Waals surface area contributed by atoms with Gasteiger partial charge in [0.15, 0.2) is 5.82 Å². The minimum absolute atomic E-state index is 0.406. The highest BCUT2D eigenvalue weighted by Gasteiger charge is 2.30. The van der Waals surface area contributed by atoms with Crippen molar-refractivity contribution in [2.24, 2.45) is 5.41 Å². The number of tetrazole rings is 1. The average Bonchev–Trinajstić information content (AvgIpc) is 2.89. The Morgan fingerprint density at radius 3 is 2.82 bits per heavy atom. The average molecular weight is 235 g/mol. The molecule has 0 radical (unpaired) electrons. The molecule has 2 fully saturated rings. The topological polar surface area (TPSA) is 55.6 Å². The molecule has 2 aliphatic carbocycles. The number of hydrogen-bond donors (Lipinski definition) is 1. The number of hydrogen-bond acceptors (Lipinski definition) is 4. The van der Waals surface area contributed by atoms with Crippen LogP contribution >= 0.6 is 0 Å². The molecule has 0 atom stereocenters. The summed E-state index contributed by atoms with van der Waals surface area (Å²) in [5.74, 6) is 0.991. The lowest BCUT2D eigenvalue weighted by Gasteiger charge is -2.23. The molecule has 3 rings (SSSR count). The molecule has 2 aliphatic rings. The molecule has 94 valence electrons. The summed E-state index contributed by atoms with van der Waals surface area (Å²) in [6.45, 7) is 4.15. The highest BCUT2D eigenvalue weighted by Crippen LogP contribution is 2.38. The third-order valence-electron chi connectivity index (χ3n) is 4.07.